The van der Waals surface area contributed by atoms with Gasteiger partial charge in [0.15, 0.2) is 0 Å². The van der Waals surface area contributed by atoms with Gasteiger partial charge in [-0.05, 0) is 0 Å². The Balaban J connectivity index is 0. The van der Waals surface area contributed by atoms with Crippen LogP contribution in [0.3, 0.4) is 0 Å². The van der Waals surface area contributed by atoms with Crippen molar-refractivity contribution in [2.45, 2.75) is 71.2 Å². The Labute approximate surface area is 274 Å². The molecule has 0 N–H and O–H groups in total. The van der Waals surface area contributed by atoms with Crippen LogP contribution in [0.1, 0.15) is 0 Å². The van der Waals surface area contributed by atoms with Gasteiger partial charge in [0.25, 0.3) is 10.0 Å². The number of sulfonamides is 1. The van der Waals surface area contributed by atoms with Crippen LogP contribution in [0.4, 0.5) is 114 Å². The van der Waals surface area contributed by atoms with Crippen molar-refractivity contribution < 1.29 is 184 Å². The first-order chi connectivity index (χ1) is 18.8. The molecule has 0 aromatic carbocycles. The SMILES string of the molecule is O=C([O-])C(F)(F)N(C(F)(F)C(F)(F)C(F)(F)F)S(=O)(=O)C(F)(F)C(F)(F)C(F)(F)C(F)(F)C(F)(F)C(F)(F)C(F)(F)C(F)(F)F.[K+]. The summed E-state index contributed by atoms with van der Waals surface area (Å²) in [4.78, 5) is 10.2. The zero-order chi connectivity index (χ0) is 37.7. The van der Waals surface area contributed by atoms with Crippen LogP contribution in [-0.2, 0) is 14.8 Å². The molecule has 0 aliphatic rings. The number of halogens is 26. The molecule has 0 fully saturated rings. The molecule has 33 heteroatoms. The molecular formula is C13F26KNO4S. The van der Waals surface area contributed by atoms with Crippen LogP contribution in [0.15, 0.2) is 0 Å². The van der Waals surface area contributed by atoms with Crippen LogP contribution >= 0.6 is 0 Å². The average Bonchev–Trinajstić information content (AvgIpc) is 2.75. The minimum atomic E-state index is -10.5. The Morgan fingerprint density at radius 3 is 0.913 bits per heavy atom. The van der Waals surface area contributed by atoms with Gasteiger partial charge in [0.1, 0.15) is 5.97 Å². The normalized spacial score (nSPS) is 16.4. The summed E-state index contributed by atoms with van der Waals surface area (Å²) >= 11 is 0. The molecule has 0 saturated carbocycles. The van der Waals surface area contributed by atoms with Gasteiger partial charge in [-0.3, -0.25) is 0 Å². The van der Waals surface area contributed by atoms with Crippen molar-refractivity contribution >= 4 is 16.0 Å². The molecule has 5 nitrogen and oxygen atoms in total. The standard InChI is InChI=1S/C13HF26NO4S.K/c14-2(15,1(41)42)40(12(36,37)9(28,29)11(33,34)35)45(43,44)13(38,39)8(26,27)6(22,23)4(18,19)3(16,17)5(20,21)7(24,25)10(30,31)32;/h(H,41,42);/q;+1/p-1. The molecule has 0 heterocycles. The summed E-state index contributed by atoms with van der Waals surface area (Å²) in [5.74, 6) is -70.9. The third-order valence-corrected chi connectivity index (χ3v) is 6.59. The van der Waals surface area contributed by atoms with E-state index in [0.717, 1.165) is 0 Å². The molecular weight excluding hydrogens is 799 g/mol. The van der Waals surface area contributed by atoms with E-state index in [9.17, 15) is 132 Å². The van der Waals surface area contributed by atoms with Crippen LogP contribution in [0, 0.1) is 0 Å². The zero-order valence-corrected chi connectivity index (χ0v) is 23.8. The number of carbonyl (C=O) groups is 1. The summed E-state index contributed by atoms with van der Waals surface area (Å²) in [5, 5.41) is 0.607. The van der Waals surface area contributed by atoms with Crippen LogP contribution < -0.4 is 56.5 Å². The van der Waals surface area contributed by atoms with Crippen LogP contribution in [0.2, 0.25) is 0 Å². The number of hydrogen-bond donors (Lipinski definition) is 0. The van der Waals surface area contributed by atoms with Gasteiger partial charge in [0.2, 0.25) is 0 Å². The average molecular weight is 799 g/mol. The smallest absolute Gasteiger partial charge is 0.543 e. The second-order valence-electron chi connectivity index (χ2n) is 7.67. The van der Waals surface area contributed by atoms with E-state index in [0.29, 0.717) is 0 Å². The van der Waals surface area contributed by atoms with Crippen LogP contribution in [-0.4, -0.2) is 89.9 Å². The molecule has 0 bridgehead atoms. The van der Waals surface area contributed by atoms with E-state index >= 15 is 0 Å². The second-order valence-corrected chi connectivity index (χ2v) is 9.50. The Morgan fingerprint density at radius 1 is 0.435 bits per heavy atom. The molecule has 0 rings (SSSR count). The summed E-state index contributed by atoms with van der Waals surface area (Å²) in [6.07, 6.45) is -16.6. The maximum atomic E-state index is 14.0. The number of rotatable bonds is 12. The third-order valence-electron chi connectivity index (χ3n) is 4.75. The van der Waals surface area contributed by atoms with Crippen molar-refractivity contribution in [2.75, 3.05) is 0 Å². The first-order valence-corrected chi connectivity index (χ1v) is 10.4. The fourth-order valence-electron chi connectivity index (χ4n) is 2.29. The fourth-order valence-corrected chi connectivity index (χ4v) is 3.76. The molecule has 0 aromatic heterocycles. The van der Waals surface area contributed by atoms with Gasteiger partial charge in [-0.2, -0.15) is 114 Å². The van der Waals surface area contributed by atoms with Gasteiger partial charge in [-0.1, -0.05) is 4.31 Å². The molecule has 0 amide bonds. The number of carboxylic acids is 1. The predicted octanol–water partition coefficient (Wildman–Crippen LogP) is 2.72. The molecule has 0 aromatic rings. The number of nitrogens with zero attached hydrogens (tertiary/aromatic N) is 1. The molecule has 270 valence electrons. The first kappa shape index (κ1) is 47.3. The van der Waals surface area contributed by atoms with E-state index in [1.807, 2.05) is 0 Å². The quantitative estimate of drug-likeness (QED) is 0.173. The van der Waals surface area contributed by atoms with E-state index in [-0.39, 0.29) is 51.4 Å². The van der Waals surface area contributed by atoms with E-state index in [1.165, 1.54) is 0 Å². The summed E-state index contributed by atoms with van der Waals surface area (Å²) in [7, 11) is -10.5. The summed E-state index contributed by atoms with van der Waals surface area (Å²) in [6, 6.07) is -17.3. The van der Waals surface area contributed by atoms with E-state index in [2.05, 4.69) is 0 Å². The minimum Gasteiger partial charge on any atom is -0.543 e. The van der Waals surface area contributed by atoms with Crippen LogP contribution in [0.5, 0.6) is 0 Å². The number of aliphatic carboxylic acids is 1. The van der Waals surface area contributed by atoms with E-state index in [4.69, 9.17) is 0 Å². The summed E-state index contributed by atoms with van der Waals surface area (Å²) in [5.41, 5.74) is 0. The number of carboxylic acid groups (broad SMARTS) is 1. The maximum absolute atomic E-state index is 14.0. The Kier molecular flexibility index (Phi) is 12.3. The fraction of sp³-hybridized carbons (Fsp3) is 0.923. The molecule has 0 unspecified atom stereocenters. The van der Waals surface area contributed by atoms with Gasteiger partial charge in [0.05, 0.1) is 0 Å². The van der Waals surface area contributed by atoms with Crippen molar-refractivity contribution in [3.63, 3.8) is 0 Å². The Hall–Kier alpha value is -0.804. The number of alkyl halides is 26. The van der Waals surface area contributed by atoms with Gasteiger partial charge in [0, 0.05) is 0 Å². The van der Waals surface area contributed by atoms with Crippen molar-refractivity contribution in [1.29, 1.82) is 0 Å². The molecule has 0 aliphatic heterocycles. The zero-order valence-electron chi connectivity index (χ0n) is 19.8. The predicted molar refractivity (Wildman–Crippen MR) is 77.3 cm³/mol. The van der Waals surface area contributed by atoms with Crippen molar-refractivity contribution in [1.82, 2.24) is 4.31 Å². The molecule has 0 aliphatic carbocycles. The monoisotopic (exact) mass is 799 g/mol. The first-order valence-electron chi connectivity index (χ1n) is 8.99. The molecule has 0 spiro atoms. The van der Waals surface area contributed by atoms with E-state index in [1.54, 1.807) is 0 Å². The van der Waals surface area contributed by atoms with Crippen molar-refractivity contribution in [2.24, 2.45) is 0 Å². The van der Waals surface area contributed by atoms with Gasteiger partial charge < -0.3 is 9.90 Å². The summed E-state index contributed by atoms with van der Waals surface area (Å²) in [6.45, 7) is 0. The maximum Gasteiger partial charge on any atom is 1.00 e. The number of carbonyl (C=O) groups excluding carboxylic acids is 1. The third kappa shape index (κ3) is 6.00. The molecule has 0 atom stereocenters. The number of hydrogen-bond acceptors (Lipinski definition) is 4. The molecule has 46 heavy (non-hydrogen) atoms. The minimum absolute atomic E-state index is 0. The molecule has 0 saturated heterocycles. The molecule has 0 radical (unpaired) electrons. The van der Waals surface area contributed by atoms with Crippen molar-refractivity contribution in [3.05, 3.63) is 0 Å². The second kappa shape index (κ2) is 11.9. The topological polar surface area (TPSA) is 77.5 Å². The largest absolute Gasteiger partial charge is 1.00 e. The Bertz CT molecular complexity index is 1250. The van der Waals surface area contributed by atoms with Gasteiger partial charge >= 0.3 is 123 Å². The Morgan fingerprint density at radius 2 is 0.674 bits per heavy atom. The van der Waals surface area contributed by atoms with Crippen LogP contribution in [0.25, 0.3) is 0 Å². The van der Waals surface area contributed by atoms with Gasteiger partial charge in [-0.25, -0.2) is 8.42 Å². The van der Waals surface area contributed by atoms with Gasteiger partial charge in [-0.15, -0.1) is 0 Å². The summed E-state index contributed by atoms with van der Waals surface area (Å²) < 4.78 is 360. The van der Waals surface area contributed by atoms with E-state index < -0.39 is 91.5 Å². The van der Waals surface area contributed by atoms with Crippen molar-refractivity contribution in [3.8, 4) is 0 Å².